The van der Waals surface area contributed by atoms with Crippen molar-refractivity contribution in [1.82, 2.24) is 10.6 Å². The van der Waals surface area contributed by atoms with Crippen LogP contribution in [0.1, 0.15) is 57.2 Å². The van der Waals surface area contributed by atoms with E-state index in [1.807, 2.05) is 70.2 Å². The molecular weight excluding hydrogens is 508 g/mol. The number of primary amides is 1. The zero-order chi connectivity index (χ0) is 30.1. The highest BCUT2D eigenvalue weighted by atomic mass is 16.2. The quantitative estimate of drug-likeness (QED) is 0.110. The summed E-state index contributed by atoms with van der Waals surface area (Å²) in [5, 5.41) is 13.3. The highest BCUT2D eigenvalue weighted by Gasteiger charge is 2.41. The fraction of sp³-hybridized carbons (Fsp3) is 0.414. The van der Waals surface area contributed by atoms with E-state index in [1.165, 1.54) is 0 Å². The number of guanidine groups is 1. The van der Waals surface area contributed by atoms with Crippen LogP contribution < -0.4 is 33.6 Å². The molecule has 0 bridgehead atoms. The first-order valence-electron chi connectivity index (χ1n) is 13.1. The Hall–Kier alpha value is -4.41. The van der Waals surface area contributed by atoms with Gasteiger partial charge in [0.25, 0.3) is 0 Å². The van der Waals surface area contributed by atoms with Crippen LogP contribution in [0.5, 0.6) is 0 Å². The summed E-state index contributed by atoms with van der Waals surface area (Å²) in [6, 6.07) is 14.5. The first kappa shape index (κ1) is 31.8. The van der Waals surface area contributed by atoms with Gasteiger partial charge in [-0.3, -0.25) is 24.8 Å². The fourth-order valence-corrected chi connectivity index (χ4v) is 4.34. The summed E-state index contributed by atoms with van der Waals surface area (Å²) >= 11 is 0. The number of nitrogens with one attached hydrogen (secondary N) is 3. The number of benzene rings is 2. The normalized spacial score (nSPS) is 14.2. The SMILES string of the molecule is CC(C)(C)[C@H](NC(=O)[C@@](C)(Cc1ccc(C(=N)N)cc1)c1ccccc1)C(=O)NC(CCCN=C(N)N)C(N)=O. The van der Waals surface area contributed by atoms with E-state index in [0.29, 0.717) is 18.4 Å². The van der Waals surface area contributed by atoms with Crippen molar-refractivity contribution in [3.63, 3.8) is 0 Å². The van der Waals surface area contributed by atoms with Crippen LogP contribution in [-0.4, -0.2) is 48.1 Å². The van der Waals surface area contributed by atoms with Crippen molar-refractivity contribution in [2.24, 2.45) is 33.3 Å². The monoisotopic (exact) mass is 550 g/mol. The van der Waals surface area contributed by atoms with Crippen LogP contribution in [0.3, 0.4) is 0 Å². The van der Waals surface area contributed by atoms with Crippen molar-refractivity contribution in [2.75, 3.05) is 6.54 Å². The lowest BCUT2D eigenvalue weighted by atomic mass is 9.75. The molecule has 0 aliphatic heterocycles. The van der Waals surface area contributed by atoms with Crippen molar-refractivity contribution in [3.8, 4) is 0 Å². The van der Waals surface area contributed by atoms with Gasteiger partial charge in [0.1, 0.15) is 17.9 Å². The number of amides is 3. The Morgan fingerprint density at radius 3 is 2.00 bits per heavy atom. The predicted molar refractivity (Wildman–Crippen MR) is 157 cm³/mol. The maximum Gasteiger partial charge on any atom is 0.243 e. The van der Waals surface area contributed by atoms with Crippen molar-refractivity contribution in [3.05, 3.63) is 71.3 Å². The van der Waals surface area contributed by atoms with E-state index in [9.17, 15) is 14.4 Å². The maximum absolute atomic E-state index is 14.0. The Labute approximate surface area is 235 Å². The van der Waals surface area contributed by atoms with Crippen molar-refractivity contribution in [2.45, 2.75) is 64.5 Å². The van der Waals surface area contributed by atoms with Gasteiger partial charge in [-0.05, 0) is 42.7 Å². The van der Waals surface area contributed by atoms with E-state index in [2.05, 4.69) is 15.6 Å². The van der Waals surface area contributed by atoms with Crippen LogP contribution in [0.25, 0.3) is 0 Å². The first-order chi connectivity index (χ1) is 18.6. The molecule has 0 aliphatic carbocycles. The molecule has 11 heteroatoms. The zero-order valence-electron chi connectivity index (χ0n) is 23.7. The molecule has 40 heavy (non-hydrogen) atoms. The Bertz CT molecular complexity index is 1220. The molecule has 2 aromatic rings. The van der Waals surface area contributed by atoms with E-state index in [1.54, 1.807) is 12.1 Å². The Morgan fingerprint density at radius 1 is 0.900 bits per heavy atom. The second-order valence-corrected chi connectivity index (χ2v) is 11.2. The molecule has 0 radical (unpaired) electrons. The van der Waals surface area contributed by atoms with Gasteiger partial charge < -0.3 is 33.6 Å². The molecule has 0 spiro atoms. The number of hydrogen-bond donors (Lipinski definition) is 7. The molecule has 3 amide bonds. The van der Waals surface area contributed by atoms with Gasteiger partial charge in [-0.25, -0.2) is 0 Å². The highest BCUT2D eigenvalue weighted by Crippen LogP contribution is 2.30. The van der Waals surface area contributed by atoms with Crippen LogP contribution >= 0.6 is 0 Å². The summed E-state index contributed by atoms with van der Waals surface area (Å²) in [5.41, 5.74) is 22.3. The van der Waals surface area contributed by atoms with Gasteiger partial charge in [0.2, 0.25) is 17.7 Å². The van der Waals surface area contributed by atoms with Crippen LogP contribution in [0.15, 0.2) is 59.6 Å². The number of aliphatic imine (C=N–C) groups is 1. The molecule has 0 saturated heterocycles. The first-order valence-corrected chi connectivity index (χ1v) is 13.1. The molecule has 0 fully saturated rings. The number of carbonyl (C=O) groups is 3. The third kappa shape index (κ3) is 8.82. The summed E-state index contributed by atoms with van der Waals surface area (Å²) in [6.07, 6.45) is 0.988. The molecule has 0 aliphatic rings. The van der Waals surface area contributed by atoms with E-state index in [-0.39, 0.29) is 30.7 Å². The Morgan fingerprint density at radius 2 is 1.50 bits per heavy atom. The van der Waals surface area contributed by atoms with Crippen molar-refractivity contribution >= 4 is 29.5 Å². The molecule has 11 N–H and O–H groups in total. The molecule has 2 aromatic carbocycles. The van der Waals surface area contributed by atoms with Crippen molar-refractivity contribution in [1.29, 1.82) is 5.41 Å². The number of nitrogens with two attached hydrogens (primary N) is 4. The lowest BCUT2D eigenvalue weighted by Gasteiger charge is -2.36. The third-order valence-electron chi connectivity index (χ3n) is 6.74. The summed E-state index contributed by atoms with van der Waals surface area (Å²) < 4.78 is 0. The van der Waals surface area contributed by atoms with Gasteiger partial charge in [0.15, 0.2) is 5.96 Å². The fourth-order valence-electron chi connectivity index (χ4n) is 4.34. The van der Waals surface area contributed by atoms with Crippen LogP contribution in [0.4, 0.5) is 0 Å². The number of carbonyl (C=O) groups excluding carboxylic acids is 3. The van der Waals surface area contributed by atoms with E-state index >= 15 is 0 Å². The molecular formula is C29H42N8O3. The maximum atomic E-state index is 14.0. The Balaban J connectivity index is 2.33. The van der Waals surface area contributed by atoms with Gasteiger partial charge in [-0.2, -0.15) is 0 Å². The minimum atomic E-state index is -1.05. The van der Waals surface area contributed by atoms with Gasteiger partial charge in [0, 0.05) is 12.1 Å². The van der Waals surface area contributed by atoms with Crippen molar-refractivity contribution < 1.29 is 14.4 Å². The van der Waals surface area contributed by atoms with E-state index in [4.69, 9.17) is 28.3 Å². The van der Waals surface area contributed by atoms with Gasteiger partial charge >= 0.3 is 0 Å². The average molecular weight is 551 g/mol. The minimum absolute atomic E-state index is 0.0420. The third-order valence-corrected chi connectivity index (χ3v) is 6.74. The van der Waals surface area contributed by atoms with Gasteiger partial charge in [-0.1, -0.05) is 75.4 Å². The molecule has 1 unspecified atom stereocenters. The van der Waals surface area contributed by atoms with E-state index < -0.39 is 34.7 Å². The molecule has 0 saturated carbocycles. The second-order valence-electron chi connectivity index (χ2n) is 11.2. The number of hydrogen-bond acceptors (Lipinski definition) is 5. The number of nitrogens with zero attached hydrogens (tertiary/aromatic N) is 1. The minimum Gasteiger partial charge on any atom is -0.384 e. The molecule has 2 rings (SSSR count). The highest BCUT2D eigenvalue weighted by molar-refractivity contribution is 5.96. The van der Waals surface area contributed by atoms with E-state index in [0.717, 1.165) is 11.1 Å². The average Bonchev–Trinajstić information content (AvgIpc) is 2.88. The summed E-state index contributed by atoms with van der Waals surface area (Å²) in [7, 11) is 0. The number of amidine groups is 1. The smallest absolute Gasteiger partial charge is 0.243 e. The summed E-state index contributed by atoms with van der Waals surface area (Å²) in [6.45, 7) is 7.59. The topological polar surface area (TPSA) is 216 Å². The standard InChI is InChI=1S/C29H42N8O3/c1-28(2,3)22(25(39)36-21(24(32)38)11-8-16-35-27(33)34)37-26(40)29(4,20-9-6-5-7-10-20)17-18-12-14-19(15-13-18)23(30)31/h5-7,9-10,12-15,21-22H,8,11,16-17H2,1-4H3,(H3,30,31)(H2,32,38)(H,36,39)(H,37,40)(H4,33,34,35)/t21?,22-,29+/m1/s1. The second kappa shape index (κ2) is 13.6. The molecule has 0 heterocycles. The predicted octanol–water partition coefficient (Wildman–Crippen LogP) is 1.03. The van der Waals surface area contributed by atoms with Crippen LogP contribution in [0.2, 0.25) is 0 Å². The van der Waals surface area contributed by atoms with Crippen LogP contribution in [0, 0.1) is 10.8 Å². The molecule has 3 atom stereocenters. The largest absolute Gasteiger partial charge is 0.384 e. The zero-order valence-corrected chi connectivity index (χ0v) is 23.7. The van der Waals surface area contributed by atoms with Gasteiger partial charge in [0.05, 0.1) is 5.41 Å². The lowest BCUT2D eigenvalue weighted by molar-refractivity contribution is -0.135. The Kier molecular flexibility index (Phi) is 10.8. The summed E-state index contributed by atoms with van der Waals surface area (Å²) in [4.78, 5) is 43.5. The van der Waals surface area contributed by atoms with Gasteiger partial charge in [-0.15, -0.1) is 0 Å². The number of rotatable bonds is 13. The molecule has 0 aromatic heterocycles. The lowest BCUT2D eigenvalue weighted by Crippen LogP contribution is -2.60. The summed E-state index contributed by atoms with van der Waals surface area (Å²) in [5.74, 6) is -1.67. The number of nitrogen functional groups attached to an aromatic ring is 1. The molecule has 11 nitrogen and oxygen atoms in total. The van der Waals surface area contributed by atoms with Crippen LogP contribution in [-0.2, 0) is 26.2 Å². The molecule has 216 valence electrons.